The minimum absolute atomic E-state index is 0.0146. The van der Waals surface area contributed by atoms with Crippen LogP contribution in [-0.4, -0.2) is 9.78 Å². The van der Waals surface area contributed by atoms with E-state index >= 15 is 0 Å². The van der Waals surface area contributed by atoms with Gasteiger partial charge in [0.25, 0.3) is 5.56 Å². The van der Waals surface area contributed by atoms with Gasteiger partial charge in [0.15, 0.2) is 17.5 Å². The van der Waals surface area contributed by atoms with Crippen molar-refractivity contribution >= 4 is 0 Å². The number of rotatable bonds is 1. The van der Waals surface area contributed by atoms with E-state index in [1.807, 2.05) is 0 Å². The zero-order valence-electron chi connectivity index (χ0n) is 9.14. The molecular formula is C11H9F3N2O. The van der Waals surface area contributed by atoms with E-state index in [9.17, 15) is 18.0 Å². The summed E-state index contributed by atoms with van der Waals surface area (Å²) in [6.45, 7) is 1.59. The molecule has 0 saturated carbocycles. The summed E-state index contributed by atoms with van der Waals surface area (Å²) in [4.78, 5) is 11.7. The van der Waals surface area contributed by atoms with Crippen molar-refractivity contribution in [3.63, 3.8) is 0 Å². The first-order valence-corrected chi connectivity index (χ1v) is 4.82. The molecular weight excluding hydrogens is 233 g/mol. The number of H-pyrrole nitrogens is 1. The fourth-order valence-corrected chi connectivity index (χ4v) is 1.73. The molecule has 3 nitrogen and oxygen atoms in total. The third-order valence-electron chi connectivity index (χ3n) is 2.50. The standard InChI is InChI=1S/C11H9F3N2O/c1-5-9(11(17)16(2)15-5)6-3-7(12)10(14)8(13)4-6/h3-4,15H,1-2H3. The third kappa shape index (κ3) is 1.75. The molecule has 1 aromatic carbocycles. The van der Waals surface area contributed by atoms with Gasteiger partial charge < -0.3 is 0 Å². The summed E-state index contributed by atoms with van der Waals surface area (Å²) in [5.41, 5.74) is 0.182. The quantitative estimate of drug-likeness (QED) is 0.764. The Morgan fingerprint density at radius 1 is 1.18 bits per heavy atom. The van der Waals surface area contributed by atoms with E-state index in [0.717, 1.165) is 12.1 Å². The lowest BCUT2D eigenvalue weighted by molar-refractivity contribution is 0.447. The monoisotopic (exact) mass is 242 g/mol. The van der Waals surface area contributed by atoms with Gasteiger partial charge in [-0.2, -0.15) is 0 Å². The highest BCUT2D eigenvalue weighted by molar-refractivity contribution is 5.65. The Kier molecular flexibility index (Phi) is 2.57. The maximum absolute atomic E-state index is 13.1. The number of nitrogens with zero attached hydrogens (tertiary/aromatic N) is 1. The summed E-state index contributed by atoms with van der Waals surface area (Å²) in [6, 6.07) is 1.60. The Bertz CT molecular complexity index is 620. The molecule has 0 bridgehead atoms. The molecule has 0 aliphatic heterocycles. The average molecular weight is 242 g/mol. The predicted octanol–water partition coefficient (Wildman–Crippen LogP) is 2.11. The number of benzene rings is 1. The predicted molar refractivity (Wildman–Crippen MR) is 56.1 cm³/mol. The topological polar surface area (TPSA) is 37.8 Å². The Morgan fingerprint density at radius 2 is 1.71 bits per heavy atom. The molecule has 2 aromatic rings. The number of aromatic nitrogens is 2. The number of hydrogen-bond acceptors (Lipinski definition) is 1. The van der Waals surface area contributed by atoms with E-state index < -0.39 is 23.0 Å². The second kappa shape index (κ2) is 3.80. The van der Waals surface area contributed by atoms with Crippen LogP contribution in [0.2, 0.25) is 0 Å². The minimum atomic E-state index is -1.54. The number of nitrogens with one attached hydrogen (secondary N) is 1. The van der Waals surface area contributed by atoms with Gasteiger partial charge >= 0.3 is 0 Å². The van der Waals surface area contributed by atoms with Gasteiger partial charge in [0.05, 0.1) is 5.56 Å². The average Bonchev–Trinajstić information content (AvgIpc) is 2.49. The van der Waals surface area contributed by atoms with Gasteiger partial charge in [0, 0.05) is 12.7 Å². The van der Waals surface area contributed by atoms with Crippen LogP contribution in [0.3, 0.4) is 0 Å². The summed E-state index contributed by atoms with van der Waals surface area (Å²) >= 11 is 0. The van der Waals surface area contributed by atoms with Gasteiger partial charge in [-0.05, 0) is 24.6 Å². The second-order valence-corrected chi connectivity index (χ2v) is 3.73. The fourth-order valence-electron chi connectivity index (χ4n) is 1.73. The Labute approximate surface area is 94.5 Å². The first kappa shape index (κ1) is 11.5. The molecule has 0 fully saturated rings. The highest BCUT2D eigenvalue weighted by Crippen LogP contribution is 2.23. The van der Waals surface area contributed by atoms with Crippen molar-refractivity contribution in [3.8, 4) is 11.1 Å². The molecule has 1 N–H and O–H groups in total. The van der Waals surface area contributed by atoms with Crippen LogP contribution in [0, 0.1) is 24.4 Å². The minimum Gasteiger partial charge on any atom is -0.300 e. The highest BCUT2D eigenvalue weighted by atomic mass is 19.2. The van der Waals surface area contributed by atoms with Gasteiger partial charge in [-0.1, -0.05) is 0 Å². The van der Waals surface area contributed by atoms with Crippen molar-refractivity contribution < 1.29 is 13.2 Å². The van der Waals surface area contributed by atoms with Crippen molar-refractivity contribution in [2.45, 2.75) is 6.92 Å². The smallest absolute Gasteiger partial charge is 0.274 e. The van der Waals surface area contributed by atoms with E-state index in [4.69, 9.17) is 0 Å². The number of halogens is 3. The molecule has 0 atom stereocenters. The summed E-state index contributed by atoms with van der Waals surface area (Å²) in [7, 11) is 1.48. The molecule has 1 aromatic heterocycles. The van der Waals surface area contributed by atoms with E-state index in [1.54, 1.807) is 6.92 Å². The molecule has 2 rings (SSSR count). The van der Waals surface area contributed by atoms with E-state index in [-0.39, 0.29) is 11.1 Å². The van der Waals surface area contributed by atoms with Crippen molar-refractivity contribution in [1.82, 2.24) is 9.78 Å². The second-order valence-electron chi connectivity index (χ2n) is 3.73. The number of aromatic amines is 1. The molecule has 17 heavy (non-hydrogen) atoms. The van der Waals surface area contributed by atoms with Crippen molar-refractivity contribution in [2.24, 2.45) is 7.05 Å². The van der Waals surface area contributed by atoms with Crippen LogP contribution in [0.5, 0.6) is 0 Å². The molecule has 0 unspecified atom stereocenters. The van der Waals surface area contributed by atoms with Crippen molar-refractivity contribution in [1.29, 1.82) is 0 Å². The molecule has 0 radical (unpaired) electrons. The van der Waals surface area contributed by atoms with Gasteiger partial charge in [0.1, 0.15) is 0 Å². The highest BCUT2D eigenvalue weighted by Gasteiger charge is 2.16. The summed E-state index contributed by atoms with van der Waals surface area (Å²) < 4.78 is 40.1. The first-order valence-electron chi connectivity index (χ1n) is 4.82. The van der Waals surface area contributed by atoms with Crippen LogP contribution >= 0.6 is 0 Å². The third-order valence-corrected chi connectivity index (χ3v) is 2.50. The largest absolute Gasteiger partial charge is 0.300 e. The van der Waals surface area contributed by atoms with Crippen molar-refractivity contribution in [2.75, 3.05) is 0 Å². The van der Waals surface area contributed by atoms with Crippen LogP contribution in [0.1, 0.15) is 5.69 Å². The Hall–Kier alpha value is -1.98. The van der Waals surface area contributed by atoms with Gasteiger partial charge in [0.2, 0.25) is 0 Å². The Balaban J connectivity index is 2.73. The molecule has 1 heterocycles. The number of aryl methyl sites for hydroxylation is 2. The molecule has 0 spiro atoms. The summed E-state index contributed by atoms with van der Waals surface area (Å²) in [5, 5.41) is 2.69. The Morgan fingerprint density at radius 3 is 2.12 bits per heavy atom. The van der Waals surface area contributed by atoms with Crippen LogP contribution in [0.4, 0.5) is 13.2 Å². The zero-order chi connectivity index (χ0) is 12.7. The lowest BCUT2D eigenvalue weighted by Gasteiger charge is -2.01. The van der Waals surface area contributed by atoms with E-state index in [0.29, 0.717) is 5.69 Å². The van der Waals surface area contributed by atoms with E-state index in [1.165, 1.54) is 11.7 Å². The molecule has 0 saturated heterocycles. The maximum atomic E-state index is 13.1. The maximum Gasteiger partial charge on any atom is 0.274 e. The van der Waals surface area contributed by atoms with Crippen LogP contribution in [-0.2, 0) is 7.05 Å². The van der Waals surface area contributed by atoms with Gasteiger partial charge in [-0.3, -0.25) is 14.6 Å². The van der Waals surface area contributed by atoms with Crippen LogP contribution in [0.15, 0.2) is 16.9 Å². The molecule has 90 valence electrons. The molecule has 6 heteroatoms. The van der Waals surface area contributed by atoms with E-state index in [2.05, 4.69) is 5.10 Å². The molecule has 0 amide bonds. The van der Waals surface area contributed by atoms with Crippen molar-refractivity contribution in [3.05, 3.63) is 45.6 Å². The summed E-state index contributed by atoms with van der Waals surface area (Å²) in [6.07, 6.45) is 0. The van der Waals surface area contributed by atoms with Crippen LogP contribution < -0.4 is 5.56 Å². The van der Waals surface area contributed by atoms with Gasteiger partial charge in [-0.25, -0.2) is 13.2 Å². The molecule has 0 aliphatic rings. The van der Waals surface area contributed by atoms with Gasteiger partial charge in [-0.15, -0.1) is 0 Å². The van der Waals surface area contributed by atoms with Crippen LogP contribution in [0.25, 0.3) is 11.1 Å². The lowest BCUT2D eigenvalue weighted by Crippen LogP contribution is -2.13. The first-order chi connectivity index (χ1) is 7.91. The normalized spacial score (nSPS) is 10.9. The molecule has 0 aliphatic carbocycles. The zero-order valence-corrected chi connectivity index (χ0v) is 9.14. The lowest BCUT2D eigenvalue weighted by atomic mass is 10.1. The number of hydrogen-bond donors (Lipinski definition) is 1. The fraction of sp³-hybridized carbons (Fsp3) is 0.182. The SMILES string of the molecule is Cc1[nH]n(C)c(=O)c1-c1cc(F)c(F)c(F)c1. The summed E-state index contributed by atoms with van der Waals surface area (Å²) in [5.74, 6) is -4.18.